The third-order valence-electron chi connectivity index (χ3n) is 4.72. The number of hydrogen-bond donors (Lipinski definition) is 1. The van der Waals surface area contributed by atoms with Crippen molar-refractivity contribution in [2.24, 2.45) is 0 Å². The Morgan fingerprint density at radius 3 is 1.66 bits per heavy atom. The van der Waals surface area contributed by atoms with Crippen LogP contribution in [0.3, 0.4) is 0 Å². The highest BCUT2D eigenvalue weighted by Gasteiger charge is 2.34. The number of nitrogens with one attached hydrogen (secondary N) is 1. The standard InChI is InChI=1S/C24H26NO3P/c1-27-29(26,28-2)23(19-18-20-12-6-3-7-13-20)25-24(21-14-8-4-9-15-21)22-16-10-5-11-17-22/h3-19,23-25H,1-2H3/b19-18+/t23-/m1/s1. The summed E-state index contributed by atoms with van der Waals surface area (Å²) in [5.41, 5.74) is 3.14. The Morgan fingerprint density at radius 2 is 1.21 bits per heavy atom. The van der Waals surface area contributed by atoms with Gasteiger partial charge in [-0.2, -0.15) is 0 Å². The molecule has 0 saturated carbocycles. The lowest BCUT2D eigenvalue weighted by Gasteiger charge is -2.28. The largest absolute Gasteiger partial charge is 0.350 e. The second-order valence-corrected chi connectivity index (χ2v) is 8.91. The predicted molar refractivity (Wildman–Crippen MR) is 119 cm³/mol. The lowest BCUT2D eigenvalue weighted by atomic mass is 9.99. The van der Waals surface area contributed by atoms with E-state index in [1.807, 2.05) is 103 Å². The van der Waals surface area contributed by atoms with E-state index in [9.17, 15) is 4.57 Å². The molecule has 0 aliphatic heterocycles. The zero-order valence-electron chi connectivity index (χ0n) is 16.6. The Morgan fingerprint density at radius 1 is 0.759 bits per heavy atom. The minimum atomic E-state index is -3.42. The van der Waals surface area contributed by atoms with Gasteiger partial charge in [0.25, 0.3) is 0 Å². The molecule has 0 aliphatic rings. The molecule has 0 fully saturated rings. The van der Waals surface area contributed by atoms with E-state index in [2.05, 4.69) is 5.32 Å². The maximum atomic E-state index is 13.3. The molecule has 5 heteroatoms. The summed E-state index contributed by atoms with van der Waals surface area (Å²) >= 11 is 0. The van der Waals surface area contributed by atoms with E-state index in [1.165, 1.54) is 14.2 Å². The highest BCUT2D eigenvalue weighted by molar-refractivity contribution is 7.54. The maximum absolute atomic E-state index is 13.3. The zero-order chi connectivity index (χ0) is 20.5. The fourth-order valence-corrected chi connectivity index (χ4v) is 4.40. The van der Waals surface area contributed by atoms with Gasteiger partial charge in [-0.15, -0.1) is 0 Å². The lowest BCUT2D eigenvalue weighted by molar-refractivity contribution is 0.263. The molecule has 29 heavy (non-hydrogen) atoms. The molecule has 150 valence electrons. The van der Waals surface area contributed by atoms with E-state index >= 15 is 0 Å². The molecule has 3 aromatic carbocycles. The number of benzene rings is 3. The van der Waals surface area contributed by atoms with Gasteiger partial charge in [0, 0.05) is 14.2 Å². The molecule has 1 N–H and O–H groups in total. The second kappa shape index (κ2) is 10.3. The highest BCUT2D eigenvalue weighted by Crippen LogP contribution is 2.52. The fourth-order valence-electron chi connectivity index (χ4n) is 3.17. The first-order valence-electron chi connectivity index (χ1n) is 9.46. The molecular weight excluding hydrogens is 381 g/mol. The highest BCUT2D eigenvalue weighted by atomic mass is 31.2. The van der Waals surface area contributed by atoms with Crippen LogP contribution < -0.4 is 5.32 Å². The number of hydrogen-bond acceptors (Lipinski definition) is 4. The van der Waals surface area contributed by atoms with Crippen LogP contribution in [-0.4, -0.2) is 20.0 Å². The van der Waals surface area contributed by atoms with Crippen molar-refractivity contribution in [3.63, 3.8) is 0 Å². The van der Waals surface area contributed by atoms with Gasteiger partial charge in [0.1, 0.15) is 5.78 Å². The van der Waals surface area contributed by atoms with E-state index in [-0.39, 0.29) is 6.04 Å². The van der Waals surface area contributed by atoms with Crippen molar-refractivity contribution in [1.29, 1.82) is 0 Å². The summed E-state index contributed by atoms with van der Waals surface area (Å²) in [6.45, 7) is 0. The minimum absolute atomic E-state index is 0.179. The molecule has 0 heterocycles. The van der Waals surface area contributed by atoms with Crippen LogP contribution in [0.5, 0.6) is 0 Å². The van der Waals surface area contributed by atoms with Crippen LogP contribution in [0, 0.1) is 0 Å². The van der Waals surface area contributed by atoms with Crippen LogP contribution in [0.15, 0.2) is 97.1 Å². The first-order chi connectivity index (χ1) is 14.2. The fraction of sp³-hybridized carbons (Fsp3) is 0.167. The molecule has 0 aliphatic carbocycles. The molecule has 0 unspecified atom stereocenters. The van der Waals surface area contributed by atoms with E-state index < -0.39 is 13.4 Å². The van der Waals surface area contributed by atoms with Crippen molar-refractivity contribution in [3.05, 3.63) is 114 Å². The summed E-state index contributed by atoms with van der Waals surface area (Å²) in [6.07, 6.45) is 3.78. The van der Waals surface area contributed by atoms with E-state index in [0.717, 1.165) is 16.7 Å². The van der Waals surface area contributed by atoms with E-state index in [1.54, 1.807) is 0 Å². The average Bonchev–Trinajstić information content (AvgIpc) is 2.80. The molecule has 0 saturated heterocycles. The SMILES string of the molecule is COP(=O)(OC)[C@H](/C=C/c1ccccc1)NC(c1ccccc1)c1ccccc1. The van der Waals surface area contributed by atoms with Crippen LogP contribution in [-0.2, 0) is 13.6 Å². The van der Waals surface area contributed by atoms with Gasteiger partial charge in [-0.05, 0) is 16.7 Å². The van der Waals surface area contributed by atoms with Gasteiger partial charge in [-0.25, -0.2) is 0 Å². The Balaban J connectivity index is 1.99. The third kappa shape index (κ3) is 5.53. The van der Waals surface area contributed by atoms with Crippen LogP contribution >= 0.6 is 7.60 Å². The topological polar surface area (TPSA) is 47.6 Å². The normalized spacial score (nSPS) is 13.1. The van der Waals surface area contributed by atoms with Gasteiger partial charge in [-0.1, -0.05) is 103 Å². The van der Waals surface area contributed by atoms with Crippen LogP contribution in [0.1, 0.15) is 22.7 Å². The van der Waals surface area contributed by atoms with Gasteiger partial charge in [0.05, 0.1) is 6.04 Å². The summed E-state index contributed by atoms with van der Waals surface area (Å²) in [5, 5.41) is 3.50. The molecular formula is C24H26NO3P. The van der Waals surface area contributed by atoms with Crippen molar-refractivity contribution < 1.29 is 13.6 Å². The Kier molecular flexibility index (Phi) is 7.56. The summed E-state index contributed by atoms with van der Waals surface area (Å²) < 4.78 is 24.0. The monoisotopic (exact) mass is 407 g/mol. The van der Waals surface area contributed by atoms with Crippen LogP contribution in [0.2, 0.25) is 0 Å². The van der Waals surface area contributed by atoms with E-state index in [4.69, 9.17) is 9.05 Å². The maximum Gasteiger partial charge on any atom is 0.350 e. The summed E-state index contributed by atoms with van der Waals surface area (Å²) in [6, 6.07) is 29.8. The van der Waals surface area contributed by atoms with Gasteiger partial charge in [0.2, 0.25) is 0 Å². The summed E-state index contributed by atoms with van der Waals surface area (Å²) in [4.78, 5) is 0. The van der Waals surface area contributed by atoms with E-state index in [0.29, 0.717) is 0 Å². The molecule has 3 rings (SSSR count). The predicted octanol–water partition coefficient (Wildman–Crippen LogP) is 5.89. The van der Waals surface area contributed by atoms with Gasteiger partial charge < -0.3 is 9.05 Å². The van der Waals surface area contributed by atoms with Crippen molar-refractivity contribution in [2.45, 2.75) is 11.8 Å². The molecule has 0 aromatic heterocycles. The van der Waals surface area contributed by atoms with Gasteiger partial charge in [-0.3, -0.25) is 9.88 Å². The van der Waals surface area contributed by atoms with Gasteiger partial charge >= 0.3 is 7.60 Å². The summed E-state index contributed by atoms with van der Waals surface area (Å²) in [7, 11) is -0.597. The average molecular weight is 407 g/mol. The quantitative estimate of drug-likeness (QED) is 0.449. The lowest BCUT2D eigenvalue weighted by Crippen LogP contribution is -2.33. The Labute approximate surface area is 172 Å². The van der Waals surface area contributed by atoms with Crippen molar-refractivity contribution >= 4 is 13.7 Å². The molecule has 0 radical (unpaired) electrons. The zero-order valence-corrected chi connectivity index (χ0v) is 17.5. The Hall–Kier alpha value is -2.49. The van der Waals surface area contributed by atoms with Gasteiger partial charge in [0.15, 0.2) is 0 Å². The minimum Gasteiger partial charge on any atom is -0.311 e. The van der Waals surface area contributed by atoms with Crippen LogP contribution in [0.25, 0.3) is 6.08 Å². The molecule has 0 bridgehead atoms. The molecule has 4 nitrogen and oxygen atoms in total. The molecule has 3 aromatic rings. The Bertz CT molecular complexity index is 898. The van der Waals surface area contributed by atoms with Crippen molar-refractivity contribution in [3.8, 4) is 0 Å². The van der Waals surface area contributed by atoms with Crippen LogP contribution in [0.4, 0.5) is 0 Å². The molecule has 0 spiro atoms. The molecule has 0 amide bonds. The first-order valence-corrected chi connectivity index (χ1v) is 11.1. The molecule has 1 atom stereocenters. The second-order valence-electron chi connectivity index (χ2n) is 6.54. The third-order valence-corrected chi connectivity index (χ3v) is 6.74. The smallest absolute Gasteiger partial charge is 0.311 e. The number of rotatable bonds is 9. The van der Waals surface area contributed by atoms with Crippen molar-refractivity contribution in [1.82, 2.24) is 5.32 Å². The van der Waals surface area contributed by atoms with Crippen molar-refractivity contribution in [2.75, 3.05) is 14.2 Å². The summed E-state index contributed by atoms with van der Waals surface area (Å²) in [5.74, 6) is -0.636. The first kappa shape index (κ1) is 21.2.